The van der Waals surface area contributed by atoms with Gasteiger partial charge in [0.1, 0.15) is 5.75 Å². The van der Waals surface area contributed by atoms with Crippen LogP contribution >= 0.6 is 16.3 Å². The summed E-state index contributed by atoms with van der Waals surface area (Å²) >= 11 is 2.61. The quantitative estimate of drug-likeness (QED) is 0.782. The Kier molecular flexibility index (Phi) is 3.10. The molecule has 0 saturated heterocycles. The van der Waals surface area contributed by atoms with Gasteiger partial charge in [-0.3, -0.25) is 0 Å². The third-order valence-electron chi connectivity index (χ3n) is 1.40. The first-order valence-electron chi connectivity index (χ1n) is 3.25. The number of carbonyl (C=O) groups excluding carboxylic acids is 1. The number of halogens is 1. The zero-order valence-electron chi connectivity index (χ0n) is 6.41. The molecule has 0 unspecified atom stereocenters. The van der Waals surface area contributed by atoms with E-state index >= 15 is 0 Å². The van der Waals surface area contributed by atoms with Crippen LogP contribution in [0.25, 0.3) is 0 Å². The van der Waals surface area contributed by atoms with Gasteiger partial charge in [0.15, 0.2) is 16.3 Å². The third-order valence-corrected chi connectivity index (χ3v) is 1.69. The molecule has 0 radical (unpaired) electrons. The van der Waals surface area contributed by atoms with Gasteiger partial charge < -0.3 is 8.57 Å². The number of carbonyl (C=O) groups is 1. The predicted octanol–water partition coefficient (Wildman–Crippen LogP) is 2.16. The van der Waals surface area contributed by atoms with Crippen LogP contribution < -0.4 is 4.74 Å². The monoisotopic (exact) mass is 230 g/mol. The van der Waals surface area contributed by atoms with Gasteiger partial charge in [0, 0.05) is 0 Å². The number of ether oxygens (including phenoxy) is 1. The lowest BCUT2D eigenvalue weighted by atomic mass is 10.2. The van der Waals surface area contributed by atoms with Crippen LogP contribution in [0, 0.1) is 0 Å². The number of hydrogen-bond donors (Lipinski definition) is 0. The molecular formula is C8H7BrO3. The molecule has 0 aromatic heterocycles. The Morgan fingerprint density at radius 2 is 1.92 bits per heavy atom. The van der Waals surface area contributed by atoms with Crippen molar-refractivity contribution in [3.63, 3.8) is 0 Å². The van der Waals surface area contributed by atoms with Gasteiger partial charge >= 0.3 is 5.97 Å². The Morgan fingerprint density at radius 3 is 2.33 bits per heavy atom. The van der Waals surface area contributed by atoms with Crippen LogP contribution in [0.2, 0.25) is 0 Å². The van der Waals surface area contributed by atoms with E-state index < -0.39 is 5.97 Å². The number of methoxy groups -OCH3 is 1. The second-order valence-corrected chi connectivity index (χ2v) is 2.42. The van der Waals surface area contributed by atoms with Crippen molar-refractivity contribution in [1.29, 1.82) is 0 Å². The molecule has 3 nitrogen and oxygen atoms in total. The van der Waals surface area contributed by atoms with Crippen molar-refractivity contribution in [3.8, 4) is 5.75 Å². The van der Waals surface area contributed by atoms with Crippen LogP contribution in [-0.2, 0) is 3.83 Å². The van der Waals surface area contributed by atoms with E-state index in [1.807, 2.05) is 0 Å². The highest BCUT2D eigenvalue weighted by atomic mass is 79.9. The second-order valence-electron chi connectivity index (χ2n) is 2.09. The topological polar surface area (TPSA) is 35.5 Å². The minimum Gasteiger partial charge on any atom is -0.497 e. The summed E-state index contributed by atoms with van der Waals surface area (Å²) in [6.45, 7) is 0. The lowest BCUT2D eigenvalue weighted by molar-refractivity contribution is 0.0782. The van der Waals surface area contributed by atoms with Crippen molar-refractivity contribution < 1.29 is 13.4 Å². The van der Waals surface area contributed by atoms with Crippen molar-refractivity contribution in [2.45, 2.75) is 0 Å². The summed E-state index contributed by atoms with van der Waals surface area (Å²) in [6, 6.07) is 6.64. The lowest BCUT2D eigenvalue weighted by Gasteiger charge is -1.99. The van der Waals surface area contributed by atoms with E-state index in [4.69, 9.17) is 4.74 Å². The van der Waals surface area contributed by atoms with Gasteiger partial charge in [0.2, 0.25) is 0 Å². The van der Waals surface area contributed by atoms with Crippen molar-refractivity contribution in [1.82, 2.24) is 0 Å². The summed E-state index contributed by atoms with van der Waals surface area (Å²) in [5.41, 5.74) is 0.479. The standard InChI is InChI=1S/C8H7BrO3/c1-11-7-4-2-6(3-5-7)8(10)12-9/h2-5H,1H3. The molecule has 0 atom stereocenters. The fraction of sp³-hybridized carbons (Fsp3) is 0.125. The van der Waals surface area contributed by atoms with Crippen LogP contribution in [0.5, 0.6) is 5.75 Å². The van der Waals surface area contributed by atoms with E-state index in [0.29, 0.717) is 11.3 Å². The molecule has 0 aliphatic heterocycles. The molecule has 0 saturated carbocycles. The molecule has 0 aliphatic carbocycles. The summed E-state index contributed by atoms with van der Waals surface area (Å²) < 4.78 is 9.26. The zero-order chi connectivity index (χ0) is 8.97. The Balaban J connectivity index is 2.84. The highest BCUT2D eigenvalue weighted by molar-refractivity contribution is 9.06. The number of benzene rings is 1. The molecule has 0 amide bonds. The minimum absolute atomic E-state index is 0.419. The average Bonchev–Trinajstić information content (AvgIpc) is 2.17. The lowest BCUT2D eigenvalue weighted by Crippen LogP contribution is -1.96. The number of rotatable bonds is 2. The van der Waals surface area contributed by atoms with Crippen molar-refractivity contribution in [2.24, 2.45) is 0 Å². The molecule has 0 bridgehead atoms. The molecule has 0 aliphatic rings. The fourth-order valence-electron chi connectivity index (χ4n) is 0.772. The maximum absolute atomic E-state index is 10.9. The summed E-state index contributed by atoms with van der Waals surface area (Å²) in [5.74, 6) is 0.291. The van der Waals surface area contributed by atoms with Gasteiger partial charge in [-0.05, 0) is 24.3 Å². The van der Waals surface area contributed by atoms with E-state index in [1.54, 1.807) is 31.4 Å². The van der Waals surface area contributed by atoms with Gasteiger partial charge in [0.25, 0.3) is 0 Å². The minimum atomic E-state index is -0.419. The van der Waals surface area contributed by atoms with Crippen LogP contribution in [0.3, 0.4) is 0 Å². The molecule has 12 heavy (non-hydrogen) atoms. The Labute approximate surface area is 78.7 Å². The SMILES string of the molecule is COc1ccc(C(=O)OBr)cc1. The second kappa shape index (κ2) is 4.11. The van der Waals surface area contributed by atoms with Gasteiger partial charge in [-0.25, -0.2) is 4.79 Å². The first kappa shape index (κ1) is 9.06. The third kappa shape index (κ3) is 1.98. The summed E-state index contributed by atoms with van der Waals surface area (Å²) in [6.07, 6.45) is 0. The van der Waals surface area contributed by atoms with E-state index in [2.05, 4.69) is 20.1 Å². The highest BCUT2D eigenvalue weighted by Gasteiger charge is 2.04. The van der Waals surface area contributed by atoms with E-state index in [-0.39, 0.29) is 0 Å². The normalized spacial score (nSPS) is 9.17. The fourth-order valence-corrected chi connectivity index (χ4v) is 0.959. The first-order valence-corrected chi connectivity index (χ1v) is 3.89. The summed E-state index contributed by atoms with van der Waals surface area (Å²) in [4.78, 5) is 10.9. The predicted molar refractivity (Wildman–Crippen MR) is 47.3 cm³/mol. The molecule has 0 spiro atoms. The molecule has 4 heteroatoms. The summed E-state index contributed by atoms with van der Waals surface area (Å²) in [7, 11) is 1.57. The highest BCUT2D eigenvalue weighted by Crippen LogP contribution is 2.12. The van der Waals surface area contributed by atoms with Crippen LogP contribution in [0.15, 0.2) is 24.3 Å². The molecule has 1 aromatic rings. The number of hydrogen-bond acceptors (Lipinski definition) is 3. The Morgan fingerprint density at radius 1 is 1.33 bits per heavy atom. The van der Waals surface area contributed by atoms with Gasteiger partial charge in [-0.2, -0.15) is 0 Å². The first-order chi connectivity index (χ1) is 5.77. The van der Waals surface area contributed by atoms with Gasteiger partial charge in [0.05, 0.1) is 12.7 Å². The molecule has 1 rings (SSSR count). The Bertz CT molecular complexity index is 268. The molecule has 1 aromatic carbocycles. The van der Waals surface area contributed by atoms with Crippen LogP contribution in [-0.4, -0.2) is 13.1 Å². The maximum atomic E-state index is 10.9. The molecule has 0 N–H and O–H groups in total. The van der Waals surface area contributed by atoms with Crippen molar-refractivity contribution in [2.75, 3.05) is 7.11 Å². The van der Waals surface area contributed by atoms with Crippen LogP contribution in [0.1, 0.15) is 10.4 Å². The molecule has 0 fully saturated rings. The molecule has 0 heterocycles. The smallest absolute Gasteiger partial charge is 0.349 e. The van der Waals surface area contributed by atoms with Crippen LogP contribution in [0.4, 0.5) is 0 Å². The van der Waals surface area contributed by atoms with E-state index in [1.165, 1.54) is 0 Å². The largest absolute Gasteiger partial charge is 0.497 e. The van der Waals surface area contributed by atoms with Crippen molar-refractivity contribution >= 4 is 22.2 Å². The molecular weight excluding hydrogens is 224 g/mol. The Hall–Kier alpha value is -1.03. The average molecular weight is 231 g/mol. The van der Waals surface area contributed by atoms with E-state index in [9.17, 15) is 4.79 Å². The van der Waals surface area contributed by atoms with Gasteiger partial charge in [-0.15, -0.1) is 0 Å². The van der Waals surface area contributed by atoms with E-state index in [0.717, 1.165) is 0 Å². The van der Waals surface area contributed by atoms with Gasteiger partial charge in [-0.1, -0.05) is 0 Å². The molecule has 64 valence electrons. The zero-order valence-corrected chi connectivity index (χ0v) is 8.00. The maximum Gasteiger partial charge on any atom is 0.349 e. The van der Waals surface area contributed by atoms with Crippen molar-refractivity contribution in [3.05, 3.63) is 29.8 Å². The summed E-state index contributed by atoms with van der Waals surface area (Å²) in [5, 5.41) is 0.